The van der Waals surface area contributed by atoms with Crippen LogP contribution >= 0.6 is 11.3 Å². The minimum absolute atomic E-state index is 0.168. The van der Waals surface area contributed by atoms with Gasteiger partial charge < -0.3 is 4.74 Å². The van der Waals surface area contributed by atoms with Crippen molar-refractivity contribution in [2.45, 2.75) is 32.8 Å². The van der Waals surface area contributed by atoms with Crippen molar-refractivity contribution in [2.75, 3.05) is 6.61 Å². The Morgan fingerprint density at radius 1 is 1.33 bits per heavy atom. The normalized spacial score (nSPS) is 18.7. The smallest absolute Gasteiger partial charge is 0.212 e. The number of fused-ring (bicyclic) bond motifs is 1. The Balaban J connectivity index is 1.72. The van der Waals surface area contributed by atoms with Gasteiger partial charge in [-0.15, -0.1) is 0 Å². The second-order valence-corrected chi connectivity index (χ2v) is 6.60. The predicted octanol–water partition coefficient (Wildman–Crippen LogP) is 3.93. The third-order valence-electron chi connectivity index (χ3n) is 3.92. The van der Waals surface area contributed by atoms with E-state index in [9.17, 15) is 0 Å². The Morgan fingerprint density at radius 3 is 2.95 bits per heavy atom. The van der Waals surface area contributed by atoms with E-state index in [2.05, 4.69) is 37.1 Å². The topological polar surface area (TPSA) is 39.4 Å². The van der Waals surface area contributed by atoms with Crippen LogP contribution in [0.5, 0.6) is 0 Å². The van der Waals surface area contributed by atoms with Crippen LogP contribution in [-0.2, 0) is 4.74 Å². The number of benzene rings is 1. The van der Waals surface area contributed by atoms with Crippen molar-refractivity contribution >= 4 is 16.3 Å². The molecule has 3 heterocycles. The molecule has 4 nitrogen and oxygen atoms in total. The Labute approximate surface area is 127 Å². The lowest BCUT2D eigenvalue weighted by Crippen LogP contribution is -1.95. The molecule has 1 unspecified atom stereocenters. The van der Waals surface area contributed by atoms with Crippen LogP contribution in [0.1, 0.15) is 35.1 Å². The van der Waals surface area contributed by atoms with Gasteiger partial charge in [0.1, 0.15) is 11.1 Å². The maximum absolute atomic E-state index is 5.69. The van der Waals surface area contributed by atoms with E-state index in [4.69, 9.17) is 9.72 Å². The Bertz CT molecular complexity index is 768. The minimum atomic E-state index is 0.168. The Kier molecular flexibility index (Phi) is 3.05. The number of rotatable bonds is 2. The van der Waals surface area contributed by atoms with E-state index in [0.29, 0.717) is 0 Å². The molecule has 2 aromatic heterocycles. The van der Waals surface area contributed by atoms with Gasteiger partial charge in [-0.05, 0) is 32.3 Å². The van der Waals surface area contributed by atoms with Crippen LogP contribution in [0.25, 0.3) is 16.2 Å². The van der Waals surface area contributed by atoms with Gasteiger partial charge >= 0.3 is 0 Å². The first-order valence-electron chi connectivity index (χ1n) is 7.26. The van der Waals surface area contributed by atoms with Crippen LogP contribution in [0.15, 0.2) is 24.4 Å². The third kappa shape index (κ3) is 2.26. The molecule has 4 rings (SSSR count). The van der Waals surface area contributed by atoms with Gasteiger partial charge in [-0.2, -0.15) is 5.10 Å². The summed E-state index contributed by atoms with van der Waals surface area (Å²) in [6.45, 7) is 5.08. The van der Waals surface area contributed by atoms with Crippen molar-refractivity contribution in [1.82, 2.24) is 14.6 Å². The summed E-state index contributed by atoms with van der Waals surface area (Å²) in [5, 5.41) is 5.68. The van der Waals surface area contributed by atoms with E-state index < -0.39 is 0 Å². The van der Waals surface area contributed by atoms with Gasteiger partial charge in [-0.3, -0.25) is 0 Å². The fourth-order valence-electron chi connectivity index (χ4n) is 2.85. The number of hydrogen-bond donors (Lipinski definition) is 0. The predicted molar refractivity (Wildman–Crippen MR) is 83.7 cm³/mol. The summed E-state index contributed by atoms with van der Waals surface area (Å²) >= 11 is 1.63. The quantitative estimate of drug-likeness (QED) is 0.720. The Hall–Kier alpha value is -1.72. The van der Waals surface area contributed by atoms with Crippen molar-refractivity contribution in [3.05, 3.63) is 40.5 Å². The molecule has 1 aliphatic rings. The molecule has 0 spiro atoms. The van der Waals surface area contributed by atoms with Crippen LogP contribution in [0.2, 0.25) is 0 Å². The molecule has 0 N–H and O–H groups in total. The standard InChI is InChI=1S/C16H17N3OS/c1-10-5-6-12(11(2)8-10)13-9-19-16(17-13)21-15(18-19)14-4-3-7-20-14/h5-6,8-9,14H,3-4,7H2,1-2H3. The minimum Gasteiger partial charge on any atom is -0.371 e. The first kappa shape index (κ1) is 13.0. The fourth-order valence-corrected chi connectivity index (χ4v) is 3.81. The number of nitrogens with zero attached hydrogens (tertiary/aromatic N) is 3. The van der Waals surface area contributed by atoms with Crippen LogP contribution in [-0.4, -0.2) is 21.2 Å². The highest BCUT2D eigenvalue weighted by Crippen LogP contribution is 2.32. The van der Waals surface area contributed by atoms with Crippen molar-refractivity contribution in [1.29, 1.82) is 0 Å². The van der Waals surface area contributed by atoms with Crippen LogP contribution in [0.3, 0.4) is 0 Å². The lowest BCUT2D eigenvalue weighted by atomic mass is 10.0. The van der Waals surface area contributed by atoms with Gasteiger partial charge in [-0.25, -0.2) is 9.50 Å². The number of aromatic nitrogens is 3. The fraction of sp³-hybridized carbons (Fsp3) is 0.375. The molecule has 0 saturated carbocycles. The zero-order valence-electron chi connectivity index (χ0n) is 12.2. The molecule has 5 heteroatoms. The van der Waals surface area contributed by atoms with Crippen molar-refractivity contribution in [3.63, 3.8) is 0 Å². The second kappa shape index (κ2) is 4.93. The summed E-state index contributed by atoms with van der Waals surface area (Å²) in [7, 11) is 0. The SMILES string of the molecule is Cc1ccc(-c2cn3nc(C4CCCO4)sc3n2)c(C)c1. The highest BCUT2D eigenvalue weighted by Gasteiger charge is 2.22. The summed E-state index contributed by atoms with van der Waals surface area (Å²) in [5.74, 6) is 0. The summed E-state index contributed by atoms with van der Waals surface area (Å²) in [6.07, 6.45) is 4.38. The average molecular weight is 299 g/mol. The van der Waals surface area contributed by atoms with E-state index in [-0.39, 0.29) is 6.10 Å². The first-order chi connectivity index (χ1) is 10.2. The molecule has 0 aliphatic carbocycles. The Morgan fingerprint density at radius 2 is 2.24 bits per heavy atom. The van der Waals surface area contributed by atoms with E-state index >= 15 is 0 Å². The second-order valence-electron chi connectivity index (χ2n) is 5.61. The molecule has 21 heavy (non-hydrogen) atoms. The van der Waals surface area contributed by atoms with Gasteiger partial charge in [0.15, 0.2) is 0 Å². The zero-order valence-corrected chi connectivity index (χ0v) is 13.0. The van der Waals surface area contributed by atoms with Crippen LogP contribution in [0.4, 0.5) is 0 Å². The van der Waals surface area contributed by atoms with Gasteiger partial charge in [0, 0.05) is 12.2 Å². The molecule has 1 saturated heterocycles. The number of aryl methyl sites for hydroxylation is 2. The number of ether oxygens (including phenoxy) is 1. The average Bonchev–Trinajstić information content (AvgIpc) is 3.13. The zero-order chi connectivity index (χ0) is 14.4. The van der Waals surface area contributed by atoms with E-state index in [1.54, 1.807) is 11.3 Å². The molecular formula is C16H17N3OS. The molecule has 108 valence electrons. The van der Waals surface area contributed by atoms with E-state index in [1.807, 2.05) is 10.7 Å². The summed E-state index contributed by atoms with van der Waals surface area (Å²) in [6, 6.07) is 6.45. The van der Waals surface area contributed by atoms with Crippen molar-refractivity contribution in [3.8, 4) is 11.3 Å². The highest BCUT2D eigenvalue weighted by molar-refractivity contribution is 7.16. The molecular weight excluding hydrogens is 282 g/mol. The highest BCUT2D eigenvalue weighted by atomic mass is 32.1. The molecule has 1 aliphatic heterocycles. The molecule has 1 fully saturated rings. The number of imidazole rings is 1. The summed E-state index contributed by atoms with van der Waals surface area (Å²) in [5.41, 5.74) is 4.69. The van der Waals surface area contributed by atoms with E-state index in [1.165, 1.54) is 16.7 Å². The monoisotopic (exact) mass is 299 g/mol. The molecule has 0 bridgehead atoms. The van der Waals surface area contributed by atoms with Gasteiger partial charge in [0.25, 0.3) is 0 Å². The molecule has 3 aromatic rings. The molecule has 1 atom stereocenters. The lowest BCUT2D eigenvalue weighted by molar-refractivity contribution is 0.111. The van der Waals surface area contributed by atoms with Crippen LogP contribution < -0.4 is 0 Å². The molecule has 1 aromatic carbocycles. The summed E-state index contributed by atoms with van der Waals surface area (Å²) < 4.78 is 7.58. The maximum atomic E-state index is 5.69. The molecule has 0 amide bonds. The molecule has 0 radical (unpaired) electrons. The third-order valence-corrected chi connectivity index (χ3v) is 4.94. The lowest BCUT2D eigenvalue weighted by Gasteiger charge is -2.04. The van der Waals surface area contributed by atoms with Gasteiger partial charge in [-0.1, -0.05) is 35.1 Å². The summed E-state index contributed by atoms with van der Waals surface area (Å²) in [4.78, 5) is 5.67. The van der Waals surface area contributed by atoms with Crippen molar-refractivity contribution < 1.29 is 4.74 Å². The largest absolute Gasteiger partial charge is 0.371 e. The number of hydrogen-bond acceptors (Lipinski definition) is 4. The van der Waals surface area contributed by atoms with Gasteiger partial charge in [0.2, 0.25) is 4.96 Å². The van der Waals surface area contributed by atoms with Crippen molar-refractivity contribution in [2.24, 2.45) is 0 Å². The maximum Gasteiger partial charge on any atom is 0.212 e. The van der Waals surface area contributed by atoms with Crippen LogP contribution in [0, 0.1) is 13.8 Å². The van der Waals surface area contributed by atoms with E-state index in [0.717, 1.165) is 35.1 Å². The first-order valence-corrected chi connectivity index (χ1v) is 8.08. The van der Waals surface area contributed by atoms with Gasteiger partial charge in [0.05, 0.1) is 11.9 Å².